The van der Waals surface area contributed by atoms with E-state index in [2.05, 4.69) is 5.10 Å². The molecule has 0 bridgehead atoms. The van der Waals surface area contributed by atoms with Gasteiger partial charge in [-0.1, -0.05) is 0 Å². The van der Waals surface area contributed by atoms with E-state index < -0.39 is 17.3 Å². The Morgan fingerprint density at radius 2 is 2.03 bits per heavy atom. The van der Waals surface area contributed by atoms with Crippen molar-refractivity contribution in [1.82, 2.24) is 14.7 Å². The van der Waals surface area contributed by atoms with Gasteiger partial charge in [-0.25, -0.2) is 0 Å². The number of likely N-dealkylation sites (tertiary alicyclic amines) is 1. The van der Waals surface area contributed by atoms with Crippen molar-refractivity contribution in [2.24, 2.45) is 11.3 Å². The van der Waals surface area contributed by atoms with E-state index in [1.807, 2.05) is 18.7 Å². The Morgan fingerprint density at radius 1 is 1.32 bits per heavy atom. The van der Waals surface area contributed by atoms with E-state index in [0.717, 1.165) is 11.8 Å². The fourth-order valence-corrected chi connectivity index (χ4v) is 5.41. The first-order valence-electron chi connectivity index (χ1n) is 11.4. The van der Waals surface area contributed by atoms with Crippen molar-refractivity contribution >= 4 is 11.6 Å². The molecule has 0 aliphatic carbocycles. The molecular formula is C24H28F3N5O2. The van der Waals surface area contributed by atoms with Crippen LogP contribution in [0.3, 0.4) is 0 Å². The summed E-state index contributed by atoms with van der Waals surface area (Å²) < 4.78 is 42.1. The molecule has 1 amide bonds. The summed E-state index contributed by atoms with van der Waals surface area (Å²) in [6, 6.07) is 5.38. The van der Waals surface area contributed by atoms with Crippen LogP contribution < -0.4 is 4.90 Å². The third kappa shape index (κ3) is 4.13. The number of aliphatic hydroxyl groups is 1. The molecule has 182 valence electrons. The van der Waals surface area contributed by atoms with Gasteiger partial charge >= 0.3 is 6.18 Å². The monoisotopic (exact) mass is 475 g/mol. The van der Waals surface area contributed by atoms with Crippen LogP contribution in [0.1, 0.15) is 46.9 Å². The summed E-state index contributed by atoms with van der Waals surface area (Å²) in [7, 11) is 0. The van der Waals surface area contributed by atoms with Crippen LogP contribution in [0.25, 0.3) is 0 Å². The second-order valence-electron chi connectivity index (χ2n) is 9.21. The zero-order chi connectivity index (χ0) is 24.7. The lowest BCUT2D eigenvalue weighted by molar-refractivity contribution is -0.137. The van der Waals surface area contributed by atoms with Crippen molar-refractivity contribution in [2.75, 3.05) is 37.7 Å². The molecule has 2 fully saturated rings. The van der Waals surface area contributed by atoms with E-state index >= 15 is 0 Å². The average molecular weight is 476 g/mol. The summed E-state index contributed by atoms with van der Waals surface area (Å²) in [6.45, 7) is 6.40. The highest BCUT2D eigenvalue weighted by molar-refractivity contribution is 5.95. The van der Waals surface area contributed by atoms with Gasteiger partial charge in [-0.05, 0) is 50.3 Å². The van der Waals surface area contributed by atoms with Crippen LogP contribution in [0, 0.1) is 29.6 Å². The van der Waals surface area contributed by atoms with Crippen LogP contribution in [-0.4, -0.2) is 58.5 Å². The van der Waals surface area contributed by atoms with Crippen molar-refractivity contribution in [2.45, 2.75) is 39.4 Å². The molecule has 4 rings (SSSR count). The van der Waals surface area contributed by atoms with Gasteiger partial charge in [-0.2, -0.15) is 23.5 Å². The Balaban J connectivity index is 1.51. The lowest BCUT2D eigenvalue weighted by Gasteiger charge is -2.42. The molecular weight excluding hydrogens is 447 g/mol. The van der Waals surface area contributed by atoms with Crippen molar-refractivity contribution < 1.29 is 23.1 Å². The predicted octanol–water partition coefficient (Wildman–Crippen LogP) is 3.45. The van der Waals surface area contributed by atoms with Crippen LogP contribution >= 0.6 is 0 Å². The minimum absolute atomic E-state index is 0.0654. The molecule has 1 N–H and O–H groups in total. The molecule has 3 heterocycles. The largest absolute Gasteiger partial charge is 0.417 e. The highest BCUT2D eigenvalue weighted by atomic mass is 19.4. The van der Waals surface area contributed by atoms with Crippen molar-refractivity contribution in [3.05, 3.63) is 46.8 Å². The van der Waals surface area contributed by atoms with Gasteiger partial charge in [-0.15, -0.1) is 0 Å². The molecule has 0 radical (unpaired) electrons. The zero-order valence-electron chi connectivity index (χ0n) is 19.3. The molecule has 2 aliphatic heterocycles. The van der Waals surface area contributed by atoms with Gasteiger partial charge in [0, 0.05) is 56.6 Å². The van der Waals surface area contributed by atoms with Crippen LogP contribution in [0.2, 0.25) is 0 Å². The lowest BCUT2D eigenvalue weighted by Crippen LogP contribution is -2.47. The van der Waals surface area contributed by atoms with Gasteiger partial charge in [0.2, 0.25) is 0 Å². The number of aliphatic hydroxyl groups excluding tert-OH is 1. The summed E-state index contributed by atoms with van der Waals surface area (Å²) >= 11 is 0. The molecule has 10 heteroatoms. The van der Waals surface area contributed by atoms with Crippen molar-refractivity contribution in [3.8, 4) is 6.07 Å². The van der Waals surface area contributed by atoms with Gasteiger partial charge in [-0.3, -0.25) is 9.48 Å². The van der Waals surface area contributed by atoms with Gasteiger partial charge in [0.25, 0.3) is 5.91 Å². The first-order chi connectivity index (χ1) is 16.1. The number of aryl methyl sites for hydroxylation is 1. The van der Waals surface area contributed by atoms with E-state index in [4.69, 9.17) is 5.26 Å². The number of nitriles is 1. The molecule has 2 aromatic rings. The van der Waals surface area contributed by atoms with Crippen molar-refractivity contribution in [3.63, 3.8) is 0 Å². The second-order valence-corrected chi connectivity index (χ2v) is 9.21. The van der Waals surface area contributed by atoms with E-state index in [1.165, 1.54) is 12.1 Å². The quantitative estimate of drug-likeness (QED) is 0.732. The van der Waals surface area contributed by atoms with Crippen LogP contribution in [0.15, 0.2) is 24.4 Å². The highest BCUT2D eigenvalue weighted by Gasteiger charge is 2.48. The van der Waals surface area contributed by atoms with Gasteiger partial charge in [0.15, 0.2) is 0 Å². The highest BCUT2D eigenvalue weighted by Crippen LogP contribution is 2.46. The van der Waals surface area contributed by atoms with Gasteiger partial charge < -0.3 is 14.9 Å². The summed E-state index contributed by atoms with van der Waals surface area (Å²) in [5, 5.41) is 23.4. The number of piperidine rings is 1. The smallest absolute Gasteiger partial charge is 0.396 e. The van der Waals surface area contributed by atoms with Gasteiger partial charge in [0.1, 0.15) is 0 Å². The number of benzene rings is 1. The standard InChI is InChI=1S/C24H28F3N5O2/c1-3-32-16(2)20(12-29-32)22(34)30-8-6-23(7-9-30)15-31(13-18(23)14-33)19-5-4-17(11-28)21(10-19)24(25,26)27/h4-5,10,12,18,33H,3,6-9,13-15H2,1-2H3. The number of carbonyl (C=O) groups is 1. The lowest BCUT2D eigenvalue weighted by atomic mass is 9.71. The number of carbonyl (C=O) groups excluding carboxylic acids is 1. The molecule has 1 unspecified atom stereocenters. The van der Waals surface area contributed by atoms with E-state index in [0.29, 0.717) is 56.8 Å². The van der Waals surface area contributed by atoms with Crippen LogP contribution in [0.5, 0.6) is 0 Å². The number of anilines is 1. The second kappa shape index (κ2) is 8.95. The maximum Gasteiger partial charge on any atom is 0.417 e. The molecule has 34 heavy (non-hydrogen) atoms. The third-order valence-electron chi connectivity index (χ3n) is 7.51. The van der Waals surface area contributed by atoms with E-state index in [-0.39, 0.29) is 23.8 Å². The Bertz CT molecular complexity index is 1110. The summed E-state index contributed by atoms with van der Waals surface area (Å²) in [6.07, 6.45) is -1.71. The van der Waals surface area contributed by atoms with E-state index in [9.17, 15) is 23.1 Å². The van der Waals surface area contributed by atoms with Gasteiger partial charge in [0.05, 0.1) is 29.0 Å². The number of rotatable bonds is 4. The molecule has 7 nitrogen and oxygen atoms in total. The molecule has 1 aromatic heterocycles. The van der Waals surface area contributed by atoms with Crippen molar-refractivity contribution in [1.29, 1.82) is 5.26 Å². The number of halogens is 3. The Labute approximate surface area is 196 Å². The molecule has 2 saturated heterocycles. The van der Waals surface area contributed by atoms with E-state index in [1.54, 1.807) is 21.8 Å². The first-order valence-corrected chi connectivity index (χ1v) is 11.4. The normalized spacial score (nSPS) is 20.1. The maximum atomic E-state index is 13.5. The molecule has 1 spiro atoms. The fraction of sp³-hybridized carbons (Fsp3) is 0.542. The molecule has 0 saturated carbocycles. The van der Waals surface area contributed by atoms with Crippen LogP contribution in [-0.2, 0) is 12.7 Å². The number of aromatic nitrogens is 2. The number of hydrogen-bond donors (Lipinski definition) is 1. The summed E-state index contributed by atoms with van der Waals surface area (Å²) in [5.74, 6) is -0.177. The predicted molar refractivity (Wildman–Crippen MR) is 119 cm³/mol. The zero-order valence-corrected chi connectivity index (χ0v) is 19.3. The first kappa shape index (κ1) is 24.1. The topological polar surface area (TPSA) is 85.4 Å². The minimum Gasteiger partial charge on any atom is -0.396 e. The number of nitrogens with zero attached hydrogens (tertiary/aromatic N) is 5. The summed E-state index contributed by atoms with van der Waals surface area (Å²) in [5.41, 5.74) is 0.161. The Morgan fingerprint density at radius 3 is 2.59 bits per heavy atom. The fourth-order valence-electron chi connectivity index (χ4n) is 5.41. The molecule has 2 aliphatic rings. The molecule has 1 aromatic carbocycles. The number of alkyl halides is 3. The Hall–Kier alpha value is -3.06. The minimum atomic E-state index is -4.62. The summed E-state index contributed by atoms with van der Waals surface area (Å²) in [4.78, 5) is 16.7. The number of hydrogen-bond acceptors (Lipinski definition) is 5. The third-order valence-corrected chi connectivity index (χ3v) is 7.51. The SMILES string of the molecule is CCn1ncc(C(=O)N2CCC3(CC2)CN(c2ccc(C#N)c(C(F)(F)F)c2)CC3CO)c1C. The average Bonchev–Trinajstić information content (AvgIpc) is 3.38. The maximum absolute atomic E-state index is 13.5. The molecule has 1 atom stereocenters. The van der Waals surface area contributed by atoms with Crippen LogP contribution in [0.4, 0.5) is 18.9 Å². The number of amides is 1. The Kier molecular flexibility index (Phi) is 6.34.